The zero-order valence-corrected chi connectivity index (χ0v) is 12.0. The Morgan fingerprint density at radius 3 is 2.39 bits per heavy atom. The van der Waals surface area contributed by atoms with Gasteiger partial charge in [0.05, 0.1) is 5.69 Å². The molecule has 100 valence electrons. The Hall–Kier alpha value is -1.12. The summed E-state index contributed by atoms with van der Waals surface area (Å²) in [5, 5.41) is 4.39. The molecule has 3 nitrogen and oxygen atoms in total. The quantitative estimate of drug-likeness (QED) is 0.824. The predicted molar refractivity (Wildman–Crippen MR) is 72.5 cm³/mol. The Labute approximate surface area is 110 Å². The summed E-state index contributed by atoms with van der Waals surface area (Å²) in [6.07, 6.45) is 5.16. The molecule has 0 unspecified atom stereocenters. The lowest BCUT2D eigenvalue weighted by atomic mass is 9.79. The van der Waals surface area contributed by atoms with Crippen LogP contribution in [0.5, 0.6) is 0 Å². The van der Waals surface area contributed by atoms with Gasteiger partial charge in [0.1, 0.15) is 5.78 Å². The third-order valence-electron chi connectivity index (χ3n) is 4.48. The number of carbonyl (C=O) groups excluding carboxylic acids is 1. The number of Topliss-reactive ketones (excluding diaryl/α,β-unsaturated/α-hetero) is 1. The number of carbonyl (C=O) groups is 1. The van der Waals surface area contributed by atoms with Crippen molar-refractivity contribution in [2.75, 3.05) is 0 Å². The minimum absolute atomic E-state index is 0.292. The van der Waals surface area contributed by atoms with Crippen LogP contribution >= 0.6 is 0 Å². The maximum absolute atomic E-state index is 12.4. The predicted octanol–water partition coefficient (Wildman–Crippen LogP) is 2.97. The SMILES string of the molecule is Cc1nn(C)c(C)c1CC(=O)C1CCC(C)CC1. The van der Waals surface area contributed by atoms with Gasteiger partial charge in [-0.2, -0.15) is 5.10 Å². The Balaban J connectivity index is 2.03. The molecular formula is C15H24N2O. The van der Waals surface area contributed by atoms with Crippen LogP contribution in [-0.4, -0.2) is 15.6 Å². The second kappa shape index (κ2) is 5.25. The summed E-state index contributed by atoms with van der Waals surface area (Å²) in [6, 6.07) is 0. The van der Waals surface area contributed by atoms with Gasteiger partial charge in [0.2, 0.25) is 0 Å². The first kappa shape index (κ1) is 13.3. The van der Waals surface area contributed by atoms with Crippen molar-refractivity contribution in [3.63, 3.8) is 0 Å². The average molecular weight is 248 g/mol. The van der Waals surface area contributed by atoms with Crippen LogP contribution in [0.25, 0.3) is 0 Å². The molecule has 1 saturated carbocycles. The van der Waals surface area contributed by atoms with E-state index in [1.165, 1.54) is 12.8 Å². The van der Waals surface area contributed by atoms with E-state index in [-0.39, 0.29) is 0 Å². The number of hydrogen-bond donors (Lipinski definition) is 0. The molecule has 0 amide bonds. The summed E-state index contributed by atoms with van der Waals surface area (Å²) >= 11 is 0. The molecule has 0 saturated heterocycles. The molecule has 0 atom stereocenters. The van der Waals surface area contributed by atoms with Gasteiger partial charge >= 0.3 is 0 Å². The molecule has 1 aromatic heterocycles. The van der Waals surface area contributed by atoms with E-state index in [0.29, 0.717) is 18.1 Å². The smallest absolute Gasteiger partial charge is 0.140 e. The van der Waals surface area contributed by atoms with Crippen LogP contribution in [0.15, 0.2) is 0 Å². The van der Waals surface area contributed by atoms with Crippen LogP contribution < -0.4 is 0 Å². The highest BCUT2D eigenvalue weighted by Gasteiger charge is 2.25. The minimum Gasteiger partial charge on any atom is -0.299 e. The molecule has 0 spiro atoms. The number of rotatable bonds is 3. The first-order chi connectivity index (χ1) is 8.49. The van der Waals surface area contributed by atoms with Crippen LogP contribution in [-0.2, 0) is 18.3 Å². The maximum Gasteiger partial charge on any atom is 0.140 e. The fraction of sp³-hybridized carbons (Fsp3) is 0.733. The van der Waals surface area contributed by atoms with Crippen molar-refractivity contribution in [2.24, 2.45) is 18.9 Å². The Bertz CT molecular complexity index is 440. The monoisotopic (exact) mass is 248 g/mol. The van der Waals surface area contributed by atoms with Crippen molar-refractivity contribution in [3.8, 4) is 0 Å². The van der Waals surface area contributed by atoms with Gasteiger partial charge < -0.3 is 0 Å². The highest BCUT2D eigenvalue weighted by molar-refractivity contribution is 5.83. The number of nitrogens with zero attached hydrogens (tertiary/aromatic N) is 2. The van der Waals surface area contributed by atoms with Crippen molar-refractivity contribution < 1.29 is 4.79 Å². The van der Waals surface area contributed by atoms with Crippen molar-refractivity contribution in [2.45, 2.75) is 52.9 Å². The van der Waals surface area contributed by atoms with Crippen LogP contribution in [0.4, 0.5) is 0 Å². The summed E-state index contributed by atoms with van der Waals surface area (Å²) in [7, 11) is 1.94. The Morgan fingerprint density at radius 2 is 1.89 bits per heavy atom. The Morgan fingerprint density at radius 1 is 1.28 bits per heavy atom. The van der Waals surface area contributed by atoms with Gasteiger partial charge in [0, 0.05) is 30.6 Å². The van der Waals surface area contributed by atoms with E-state index in [2.05, 4.69) is 12.0 Å². The molecule has 1 heterocycles. The highest BCUT2D eigenvalue weighted by Crippen LogP contribution is 2.30. The number of aromatic nitrogens is 2. The summed E-state index contributed by atoms with van der Waals surface area (Å²) in [6.45, 7) is 6.33. The van der Waals surface area contributed by atoms with E-state index in [1.807, 2.05) is 25.6 Å². The van der Waals surface area contributed by atoms with Gasteiger partial charge in [-0.15, -0.1) is 0 Å². The third kappa shape index (κ3) is 2.65. The molecular weight excluding hydrogens is 224 g/mol. The number of hydrogen-bond acceptors (Lipinski definition) is 2. The van der Waals surface area contributed by atoms with Crippen LogP contribution in [0.3, 0.4) is 0 Å². The first-order valence-corrected chi connectivity index (χ1v) is 7.00. The summed E-state index contributed by atoms with van der Waals surface area (Å²) in [5.74, 6) is 1.51. The zero-order valence-electron chi connectivity index (χ0n) is 12.0. The van der Waals surface area contributed by atoms with Crippen LogP contribution in [0, 0.1) is 25.7 Å². The molecule has 0 aliphatic heterocycles. The highest BCUT2D eigenvalue weighted by atomic mass is 16.1. The lowest BCUT2D eigenvalue weighted by molar-refractivity contribution is -0.123. The van der Waals surface area contributed by atoms with E-state index >= 15 is 0 Å². The van der Waals surface area contributed by atoms with Crippen molar-refractivity contribution >= 4 is 5.78 Å². The van der Waals surface area contributed by atoms with Crippen molar-refractivity contribution in [1.29, 1.82) is 0 Å². The second-order valence-electron chi connectivity index (χ2n) is 5.87. The maximum atomic E-state index is 12.4. The van der Waals surface area contributed by atoms with Gasteiger partial charge in [-0.1, -0.05) is 19.8 Å². The minimum atomic E-state index is 0.292. The molecule has 0 radical (unpaired) electrons. The fourth-order valence-electron chi connectivity index (χ4n) is 2.97. The van der Waals surface area contributed by atoms with Crippen molar-refractivity contribution in [3.05, 3.63) is 17.0 Å². The van der Waals surface area contributed by atoms with Gasteiger partial charge in [0.15, 0.2) is 0 Å². The molecule has 0 aromatic carbocycles. The van der Waals surface area contributed by atoms with Gasteiger partial charge in [-0.25, -0.2) is 0 Å². The molecule has 0 N–H and O–H groups in total. The van der Waals surface area contributed by atoms with E-state index in [0.717, 1.165) is 35.7 Å². The lowest BCUT2D eigenvalue weighted by Gasteiger charge is -2.25. The third-order valence-corrected chi connectivity index (χ3v) is 4.48. The van der Waals surface area contributed by atoms with E-state index < -0.39 is 0 Å². The molecule has 1 aliphatic carbocycles. The normalized spacial score (nSPS) is 24.2. The van der Waals surface area contributed by atoms with Gasteiger partial charge in [-0.3, -0.25) is 9.48 Å². The molecule has 1 fully saturated rings. The zero-order chi connectivity index (χ0) is 13.3. The molecule has 2 rings (SSSR count). The second-order valence-corrected chi connectivity index (χ2v) is 5.87. The largest absolute Gasteiger partial charge is 0.299 e. The molecule has 1 aromatic rings. The van der Waals surface area contributed by atoms with E-state index in [9.17, 15) is 4.79 Å². The van der Waals surface area contributed by atoms with Crippen molar-refractivity contribution in [1.82, 2.24) is 9.78 Å². The van der Waals surface area contributed by atoms with E-state index in [1.54, 1.807) is 0 Å². The topological polar surface area (TPSA) is 34.9 Å². The lowest BCUT2D eigenvalue weighted by Crippen LogP contribution is -2.22. The van der Waals surface area contributed by atoms with Gasteiger partial charge in [-0.05, 0) is 32.6 Å². The summed E-state index contributed by atoms with van der Waals surface area (Å²) in [5.41, 5.74) is 3.28. The molecule has 0 bridgehead atoms. The van der Waals surface area contributed by atoms with Crippen LogP contribution in [0.1, 0.15) is 49.6 Å². The summed E-state index contributed by atoms with van der Waals surface area (Å²) in [4.78, 5) is 12.4. The van der Waals surface area contributed by atoms with Gasteiger partial charge in [0.25, 0.3) is 0 Å². The molecule has 3 heteroatoms. The standard InChI is InChI=1S/C15H24N2O/c1-10-5-7-13(8-6-10)15(18)9-14-11(2)16-17(4)12(14)3/h10,13H,5-9H2,1-4H3. The number of ketones is 1. The fourth-order valence-corrected chi connectivity index (χ4v) is 2.97. The average Bonchev–Trinajstić information content (AvgIpc) is 2.57. The number of aryl methyl sites for hydroxylation is 2. The van der Waals surface area contributed by atoms with Crippen LogP contribution in [0.2, 0.25) is 0 Å². The van der Waals surface area contributed by atoms with E-state index in [4.69, 9.17) is 0 Å². The Kier molecular flexibility index (Phi) is 3.88. The molecule has 18 heavy (non-hydrogen) atoms. The first-order valence-electron chi connectivity index (χ1n) is 7.00. The summed E-state index contributed by atoms with van der Waals surface area (Å²) < 4.78 is 1.88. The molecule has 1 aliphatic rings.